The second kappa shape index (κ2) is 4.41. The van der Waals surface area contributed by atoms with Gasteiger partial charge in [-0.2, -0.15) is 0 Å². The number of carbonyl (C=O) groups excluding carboxylic acids is 2. The smallest absolute Gasteiger partial charge is 0.243 e. The highest BCUT2D eigenvalue weighted by Gasteiger charge is 2.39. The minimum atomic E-state index is -0.290. The fourth-order valence-corrected chi connectivity index (χ4v) is 2.29. The molecular formula is C11H19N3O2. The maximum absolute atomic E-state index is 12.1. The predicted octanol–water partition coefficient (Wildman–Crippen LogP) is -0.811. The van der Waals surface area contributed by atoms with Gasteiger partial charge in [0.15, 0.2) is 0 Å². The second-order valence-corrected chi connectivity index (χ2v) is 4.87. The molecule has 0 aromatic heterocycles. The van der Waals surface area contributed by atoms with Crippen molar-refractivity contribution in [3.8, 4) is 0 Å². The van der Waals surface area contributed by atoms with Crippen LogP contribution in [-0.4, -0.2) is 48.9 Å². The Balaban J connectivity index is 2.09. The van der Waals surface area contributed by atoms with Crippen LogP contribution in [0.3, 0.4) is 0 Å². The van der Waals surface area contributed by atoms with Gasteiger partial charge in [0.2, 0.25) is 11.8 Å². The number of nitrogens with zero attached hydrogens (tertiary/aromatic N) is 1. The third kappa shape index (κ3) is 1.91. The lowest BCUT2D eigenvalue weighted by molar-refractivity contribution is -0.149. The Kier molecular flexibility index (Phi) is 3.14. The van der Waals surface area contributed by atoms with Gasteiger partial charge in [-0.05, 0) is 5.92 Å². The number of nitrogens with one attached hydrogen (secondary N) is 2. The first-order chi connectivity index (χ1) is 7.61. The maximum Gasteiger partial charge on any atom is 0.243 e. The van der Waals surface area contributed by atoms with Crippen LogP contribution in [0.15, 0.2) is 0 Å². The van der Waals surface area contributed by atoms with Crippen LogP contribution in [0, 0.1) is 11.8 Å². The van der Waals surface area contributed by atoms with E-state index >= 15 is 0 Å². The summed E-state index contributed by atoms with van der Waals surface area (Å²) >= 11 is 0. The van der Waals surface area contributed by atoms with Crippen molar-refractivity contribution in [2.45, 2.75) is 19.9 Å². The Morgan fingerprint density at radius 2 is 2.12 bits per heavy atom. The van der Waals surface area contributed by atoms with Gasteiger partial charge in [0.05, 0.1) is 5.92 Å². The Hall–Kier alpha value is -1.10. The molecule has 0 aliphatic carbocycles. The lowest BCUT2D eigenvalue weighted by atomic mass is 9.95. The Bertz CT molecular complexity index is 300. The van der Waals surface area contributed by atoms with E-state index in [2.05, 4.69) is 10.6 Å². The zero-order chi connectivity index (χ0) is 11.7. The van der Waals surface area contributed by atoms with Crippen molar-refractivity contribution < 1.29 is 9.59 Å². The van der Waals surface area contributed by atoms with Gasteiger partial charge < -0.3 is 15.5 Å². The molecule has 1 unspecified atom stereocenters. The van der Waals surface area contributed by atoms with Gasteiger partial charge in [0.25, 0.3) is 0 Å². The molecule has 0 aromatic rings. The topological polar surface area (TPSA) is 61.4 Å². The largest absolute Gasteiger partial charge is 0.353 e. The molecule has 5 nitrogen and oxygen atoms in total. The van der Waals surface area contributed by atoms with Crippen LogP contribution >= 0.6 is 0 Å². The summed E-state index contributed by atoms with van der Waals surface area (Å²) in [6, 6.07) is -0.290. The highest BCUT2D eigenvalue weighted by Crippen LogP contribution is 2.18. The molecule has 0 radical (unpaired) electrons. The zero-order valence-electron chi connectivity index (χ0n) is 9.82. The van der Waals surface area contributed by atoms with E-state index in [9.17, 15) is 9.59 Å². The van der Waals surface area contributed by atoms with Crippen molar-refractivity contribution in [1.29, 1.82) is 0 Å². The van der Waals surface area contributed by atoms with Gasteiger partial charge in [-0.1, -0.05) is 13.8 Å². The fraction of sp³-hybridized carbons (Fsp3) is 0.818. The van der Waals surface area contributed by atoms with Crippen molar-refractivity contribution in [1.82, 2.24) is 15.5 Å². The number of hydrogen-bond acceptors (Lipinski definition) is 3. The zero-order valence-corrected chi connectivity index (χ0v) is 9.82. The molecule has 0 bridgehead atoms. The lowest BCUT2D eigenvalue weighted by Crippen LogP contribution is -2.63. The van der Waals surface area contributed by atoms with Crippen molar-refractivity contribution in [3.05, 3.63) is 0 Å². The number of amides is 2. The van der Waals surface area contributed by atoms with E-state index in [-0.39, 0.29) is 29.7 Å². The molecule has 16 heavy (non-hydrogen) atoms. The van der Waals surface area contributed by atoms with E-state index in [1.165, 1.54) is 0 Å². The molecular weight excluding hydrogens is 206 g/mol. The number of rotatable bonds is 2. The predicted molar refractivity (Wildman–Crippen MR) is 59.7 cm³/mol. The van der Waals surface area contributed by atoms with E-state index < -0.39 is 0 Å². The van der Waals surface area contributed by atoms with Gasteiger partial charge >= 0.3 is 0 Å². The molecule has 2 amide bonds. The Morgan fingerprint density at radius 3 is 2.62 bits per heavy atom. The van der Waals surface area contributed by atoms with Gasteiger partial charge in [-0.25, -0.2) is 0 Å². The van der Waals surface area contributed by atoms with Crippen LogP contribution in [0.25, 0.3) is 0 Å². The quantitative estimate of drug-likeness (QED) is 0.646. The second-order valence-electron chi connectivity index (χ2n) is 4.87. The third-order valence-corrected chi connectivity index (χ3v) is 3.30. The molecule has 90 valence electrons. The fourth-order valence-electron chi connectivity index (χ4n) is 2.29. The average molecular weight is 225 g/mol. The molecule has 2 heterocycles. The summed E-state index contributed by atoms with van der Waals surface area (Å²) in [5.41, 5.74) is 0. The lowest BCUT2D eigenvalue weighted by Gasteiger charge is -2.41. The minimum absolute atomic E-state index is 0.0121. The molecule has 0 spiro atoms. The number of hydrogen-bond donors (Lipinski definition) is 2. The van der Waals surface area contributed by atoms with Crippen LogP contribution in [0.4, 0.5) is 0 Å². The van der Waals surface area contributed by atoms with E-state index in [0.29, 0.717) is 13.1 Å². The monoisotopic (exact) mass is 225 g/mol. The van der Waals surface area contributed by atoms with Crippen molar-refractivity contribution in [2.75, 3.05) is 26.2 Å². The van der Waals surface area contributed by atoms with Crippen molar-refractivity contribution >= 4 is 11.8 Å². The molecule has 5 heteroatoms. The van der Waals surface area contributed by atoms with E-state index in [4.69, 9.17) is 0 Å². The summed E-state index contributed by atoms with van der Waals surface area (Å²) in [6.45, 7) is 6.69. The molecule has 1 atom stereocenters. The summed E-state index contributed by atoms with van der Waals surface area (Å²) in [4.78, 5) is 25.7. The van der Waals surface area contributed by atoms with Gasteiger partial charge in [0, 0.05) is 26.2 Å². The van der Waals surface area contributed by atoms with Crippen LogP contribution in [0.2, 0.25) is 0 Å². The van der Waals surface area contributed by atoms with Gasteiger partial charge in [-0.15, -0.1) is 0 Å². The van der Waals surface area contributed by atoms with E-state index in [1.54, 1.807) is 4.90 Å². The highest BCUT2D eigenvalue weighted by molar-refractivity contribution is 5.90. The van der Waals surface area contributed by atoms with E-state index in [1.807, 2.05) is 13.8 Å². The molecule has 2 fully saturated rings. The summed E-state index contributed by atoms with van der Waals surface area (Å²) in [7, 11) is 0. The summed E-state index contributed by atoms with van der Waals surface area (Å²) in [5, 5.41) is 5.91. The summed E-state index contributed by atoms with van der Waals surface area (Å²) < 4.78 is 0. The van der Waals surface area contributed by atoms with Crippen LogP contribution in [-0.2, 0) is 9.59 Å². The molecule has 2 saturated heterocycles. The van der Waals surface area contributed by atoms with Crippen LogP contribution in [0.5, 0.6) is 0 Å². The first kappa shape index (κ1) is 11.4. The van der Waals surface area contributed by atoms with Crippen LogP contribution < -0.4 is 10.6 Å². The molecule has 2 rings (SSSR count). The first-order valence-electron chi connectivity index (χ1n) is 5.90. The Morgan fingerprint density at radius 1 is 1.44 bits per heavy atom. The number of piperazine rings is 1. The standard InChI is InChI=1S/C11H19N3O2/c1-7(2)9-10(15)13-3-4-14(9)11(16)8-5-12-6-8/h7-9,12H,3-6H2,1-2H3,(H,13,15). The maximum atomic E-state index is 12.1. The normalized spacial score (nSPS) is 26.6. The summed E-state index contributed by atoms with van der Waals surface area (Å²) in [5.74, 6) is 0.360. The van der Waals surface area contributed by atoms with Gasteiger partial charge in [0.1, 0.15) is 6.04 Å². The average Bonchev–Trinajstić information content (AvgIpc) is 2.13. The van der Waals surface area contributed by atoms with Crippen molar-refractivity contribution in [3.63, 3.8) is 0 Å². The number of carbonyl (C=O) groups is 2. The third-order valence-electron chi connectivity index (χ3n) is 3.30. The summed E-state index contributed by atoms with van der Waals surface area (Å²) in [6.07, 6.45) is 0. The Labute approximate surface area is 95.6 Å². The van der Waals surface area contributed by atoms with Crippen LogP contribution in [0.1, 0.15) is 13.8 Å². The molecule has 2 N–H and O–H groups in total. The SMILES string of the molecule is CC(C)C1C(=O)NCCN1C(=O)C1CNC1. The molecule has 2 aliphatic rings. The molecule has 0 saturated carbocycles. The minimum Gasteiger partial charge on any atom is -0.353 e. The van der Waals surface area contributed by atoms with Crippen molar-refractivity contribution in [2.24, 2.45) is 11.8 Å². The molecule has 0 aromatic carbocycles. The first-order valence-corrected chi connectivity index (χ1v) is 5.90. The molecule has 2 aliphatic heterocycles. The van der Waals surface area contributed by atoms with E-state index in [0.717, 1.165) is 13.1 Å². The highest BCUT2D eigenvalue weighted by atomic mass is 16.2. The van der Waals surface area contributed by atoms with Gasteiger partial charge in [-0.3, -0.25) is 9.59 Å².